The first-order chi connectivity index (χ1) is 7.43. The topological polar surface area (TPSA) is 15.3 Å². The van der Waals surface area contributed by atoms with Crippen LogP contribution < -0.4 is 56.7 Å². The van der Waals surface area contributed by atoms with E-state index in [1.807, 2.05) is 7.05 Å². The van der Waals surface area contributed by atoms with Crippen LogP contribution >= 0.6 is 0 Å². The van der Waals surface area contributed by atoms with Crippen LogP contribution in [0.5, 0.6) is 0 Å². The smallest absolute Gasteiger partial charge is 0.343 e. The van der Waals surface area contributed by atoms with Crippen molar-refractivity contribution in [1.82, 2.24) is 10.2 Å². The first-order valence-corrected chi connectivity index (χ1v) is 5.71. The van der Waals surface area contributed by atoms with Crippen molar-refractivity contribution in [2.24, 2.45) is 5.92 Å². The van der Waals surface area contributed by atoms with E-state index < -0.39 is 12.1 Å². The Morgan fingerprint density at radius 2 is 2.06 bits per heavy atom. The van der Waals surface area contributed by atoms with Crippen molar-refractivity contribution in [3.63, 3.8) is 0 Å². The summed E-state index contributed by atoms with van der Waals surface area (Å²) in [5, 5.41) is 2.94. The molecule has 0 aromatic carbocycles. The average molecular weight is 276 g/mol. The van der Waals surface area contributed by atoms with Gasteiger partial charge in [-0.15, -0.1) is 0 Å². The Morgan fingerprint density at radius 1 is 1.41 bits per heavy atom. The van der Waals surface area contributed by atoms with Gasteiger partial charge in [0.25, 0.3) is 0 Å². The van der Waals surface area contributed by atoms with Crippen LogP contribution in [-0.4, -0.2) is 43.8 Å². The third kappa shape index (κ3) is 6.89. The molecule has 6 heteroatoms. The molecule has 0 aromatic rings. The van der Waals surface area contributed by atoms with Crippen LogP contribution in [0.4, 0.5) is 13.2 Å². The van der Waals surface area contributed by atoms with Crippen molar-refractivity contribution < 1.29 is 64.6 Å². The van der Waals surface area contributed by atoms with Gasteiger partial charge >= 0.3 is 57.6 Å². The van der Waals surface area contributed by atoms with E-state index >= 15 is 0 Å². The minimum Gasteiger partial charge on any atom is -0.343 e. The number of alkyl halides is 3. The number of nitrogens with zero attached hydrogens (tertiary/aromatic N) is 1. The third-order valence-electron chi connectivity index (χ3n) is 3.01. The van der Waals surface area contributed by atoms with Crippen LogP contribution in [0.1, 0.15) is 19.3 Å². The Bertz CT molecular complexity index is 211. The van der Waals surface area contributed by atoms with Crippen molar-refractivity contribution in [1.29, 1.82) is 0 Å². The zero-order chi connectivity index (χ0) is 12.2. The van der Waals surface area contributed by atoms with Crippen molar-refractivity contribution in [3.05, 3.63) is 6.92 Å². The van der Waals surface area contributed by atoms with Gasteiger partial charge in [-0.05, 0) is 20.0 Å². The molecule has 1 fully saturated rings. The molecule has 2 atom stereocenters. The fourth-order valence-corrected chi connectivity index (χ4v) is 2.06. The largest absolute Gasteiger partial charge is 1.00 e. The van der Waals surface area contributed by atoms with Gasteiger partial charge in [-0.25, -0.2) is 0 Å². The first-order valence-electron chi connectivity index (χ1n) is 5.71. The molecular formula is C11H20F3KN2. The summed E-state index contributed by atoms with van der Waals surface area (Å²) in [5.41, 5.74) is 0. The normalized spacial score (nSPS) is 25.1. The fourth-order valence-electron chi connectivity index (χ4n) is 2.06. The van der Waals surface area contributed by atoms with E-state index in [1.54, 1.807) is 0 Å². The molecule has 2 nitrogen and oxygen atoms in total. The number of rotatable bonds is 5. The Balaban J connectivity index is 0.00000256. The second-order valence-electron chi connectivity index (χ2n) is 4.55. The minimum atomic E-state index is -4.05. The second-order valence-corrected chi connectivity index (χ2v) is 4.55. The Hall–Kier alpha value is 1.35. The van der Waals surface area contributed by atoms with Crippen molar-refractivity contribution in [2.75, 3.05) is 26.7 Å². The van der Waals surface area contributed by atoms with Gasteiger partial charge in [0.1, 0.15) is 0 Å². The zero-order valence-corrected chi connectivity index (χ0v) is 13.8. The summed E-state index contributed by atoms with van der Waals surface area (Å²) >= 11 is 0. The number of hydrogen-bond acceptors (Lipinski definition) is 2. The minimum absolute atomic E-state index is 0. The number of halogens is 3. The molecule has 1 aliphatic heterocycles. The summed E-state index contributed by atoms with van der Waals surface area (Å²) in [5.74, 6) is -1.17. The van der Waals surface area contributed by atoms with E-state index in [2.05, 4.69) is 17.1 Å². The third-order valence-corrected chi connectivity index (χ3v) is 3.01. The second kappa shape index (κ2) is 8.50. The van der Waals surface area contributed by atoms with Crippen LogP contribution in [0.15, 0.2) is 0 Å². The van der Waals surface area contributed by atoms with E-state index in [9.17, 15) is 13.2 Å². The maximum Gasteiger partial charge on any atom is 1.00 e. The van der Waals surface area contributed by atoms with Crippen LogP contribution in [0.3, 0.4) is 0 Å². The predicted molar refractivity (Wildman–Crippen MR) is 58.0 cm³/mol. The van der Waals surface area contributed by atoms with Crippen molar-refractivity contribution in [2.45, 2.75) is 31.5 Å². The molecular weight excluding hydrogens is 256 g/mol. The molecule has 17 heavy (non-hydrogen) atoms. The molecule has 0 spiro atoms. The molecule has 96 valence electrons. The summed E-state index contributed by atoms with van der Waals surface area (Å²) < 4.78 is 37.2. The SMILES string of the molecule is [CH2-]CCCN(C)CC1CC(C(F)(F)F)CN1.[K+]. The number of hydrogen-bond donors (Lipinski definition) is 1. The van der Waals surface area contributed by atoms with E-state index in [-0.39, 0.29) is 70.4 Å². The molecule has 2 unspecified atom stereocenters. The Kier molecular flexibility index (Phi) is 9.18. The van der Waals surface area contributed by atoms with Gasteiger partial charge in [0.15, 0.2) is 0 Å². The quantitative estimate of drug-likeness (QED) is 0.516. The Morgan fingerprint density at radius 3 is 2.53 bits per heavy atom. The molecule has 1 heterocycles. The van der Waals surface area contributed by atoms with Gasteiger partial charge in [-0.3, -0.25) is 0 Å². The average Bonchev–Trinajstić information content (AvgIpc) is 2.62. The standard InChI is InChI=1S/C11H20F3N2.K/c1-3-4-5-16(2)8-10-6-9(7-15-10)11(12,13)14;/h9-10,15H,1,3-8H2,2H3;/q-1;+1. The van der Waals surface area contributed by atoms with Gasteiger partial charge in [-0.2, -0.15) is 19.6 Å². The molecule has 0 amide bonds. The number of unbranched alkanes of at least 4 members (excludes halogenated alkanes) is 1. The predicted octanol–water partition coefficient (Wildman–Crippen LogP) is -0.923. The van der Waals surface area contributed by atoms with E-state index in [0.717, 1.165) is 19.4 Å². The molecule has 1 saturated heterocycles. The molecule has 0 saturated carbocycles. The van der Waals surface area contributed by atoms with E-state index in [1.165, 1.54) is 0 Å². The number of nitrogens with one attached hydrogen (secondary N) is 1. The summed E-state index contributed by atoms with van der Waals surface area (Å²) in [6.07, 6.45) is -1.98. The first kappa shape index (κ1) is 18.3. The summed E-state index contributed by atoms with van der Waals surface area (Å²) in [4.78, 5) is 2.07. The fraction of sp³-hybridized carbons (Fsp3) is 0.909. The van der Waals surface area contributed by atoms with Gasteiger partial charge in [0.05, 0.1) is 5.92 Å². The van der Waals surface area contributed by atoms with Crippen LogP contribution in [0, 0.1) is 12.8 Å². The maximum absolute atomic E-state index is 12.4. The Labute approximate surface area is 144 Å². The number of likely N-dealkylation sites (N-methyl/N-ethyl adjacent to an activating group) is 1. The van der Waals surface area contributed by atoms with Gasteiger partial charge in [0, 0.05) is 19.1 Å². The summed E-state index contributed by atoms with van der Waals surface area (Å²) in [7, 11) is 1.94. The summed E-state index contributed by atoms with van der Waals surface area (Å²) in [6, 6.07) is -0.0264. The van der Waals surface area contributed by atoms with Gasteiger partial charge in [0.2, 0.25) is 0 Å². The monoisotopic (exact) mass is 276 g/mol. The van der Waals surface area contributed by atoms with Crippen LogP contribution in [0.2, 0.25) is 0 Å². The van der Waals surface area contributed by atoms with Crippen molar-refractivity contribution >= 4 is 0 Å². The molecule has 0 aromatic heterocycles. The van der Waals surface area contributed by atoms with Crippen molar-refractivity contribution in [3.8, 4) is 0 Å². The molecule has 1 N–H and O–H groups in total. The summed E-state index contributed by atoms with van der Waals surface area (Å²) in [6.45, 7) is 5.40. The molecule has 1 aliphatic rings. The van der Waals surface area contributed by atoms with E-state index in [4.69, 9.17) is 0 Å². The van der Waals surface area contributed by atoms with Gasteiger partial charge in [-0.1, -0.05) is 6.42 Å². The molecule has 0 bridgehead atoms. The molecule has 0 radical (unpaired) electrons. The zero-order valence-electron chi connectivity index (χ0n) is 10.7. The van der Waals surface area contributed by atoms with Crippen LogP contribution in [0.25, 0.3) is 0 Å². The molecule has 0 aliphatic carbocycles. The maximum atomic E-state index is 12.4. The van der Waals surface area contributed by atoms with E-state index in [0.29, 0.717) is 6.54 Å². The molecule has 1 rings (SSSR count). The van der Waals surface area contributed by atoms with Crippen LogP contribution in [-0.2, 0) is 0 Å². The van der Waals surface area contributed by atoms with Gasteiger partial charge < -0.3 is 17.1 Å².